The second kappa shape index (κ2) is 9.97. The molecular formula is C18H18Cl2F2N4OS. The number of carbonyl (C=O) groups is 1. The van der Waals surface area contributed by atoms with Crippen LogP contribution in [0.2, 0.25) is 4.34 Å². The summed E-state index contributed by atoms with van der Waals surface area (Å²) in [6.07, 6.45) is 1.43. The Balaban J connectivity index is 2.16. The maximum absolute atomic E-state index is 13.4. The van der Waals surface area contributed by atoms with Gasteiger partial charge < -0.3 is 16.8 Å². The fraction of sp³-hybridized carbons (Fsp3) is 0.222. The van der Waals surface area contributed by atoms with Crippen LogP contribution in [0.4, 0.5) is 8.78 Å². The number of thiophene rings is 1. The van der Waals surface area contributed by atoms with Crippen LogP contribution in [-0.2, 0) is 6.42 Å². The van der Waals surface area contributed by atoms with Gasteiger partial charge in [0.2, 0.25) is 0 Å². The van der Waals surface area contributed by atoms with Crippen molar-refractivity contribution in [3.63, 3.8) is 0 Å². The van der Waals surface area contributed by atoms with E-state index in [1.54, 1.807) is 6.07 Å². The zero-order valence-corrected chi connectivity index (χ0v) is 17.1. The number of carbonyl (C=O) groups excluding carboxylic acids is 1. The van der Waals surface area contributed by atoms with Gasteiger partial charge in [0.1, 0.15) is 4.34 Å². The van der Waals surface area contributed by atoms with Gasteiger partial charge in [-0.05, 0) is 30.2 Å². The summed E-state index contributed by atoms with van der Waals surface area (Å²) in [6.45, 7) is 0.111. The van der Waals surface area contributed by atoms with Gasteiger partial charge in [0.05, 0.1) is 15.6 Å². The first-order valence-electron chi connectivity index (χ1n) is 8.09. The molecule has 1 aromatic carbocycles. The molecule has 1 heterocycles. The zero-order valence-electron chi connectivity index (χ0n) is 14.8. The molecule has 2 rings (SSSR count). The highest BCUT2D eigenvalue weighted by atomic mass is 35.5. The Bertz CT molecular complexity index is 930. The Morgan fingerprint density at radius 2 is 2.07 bits per heavy atom. The molecule has 28 heavy (non-hydrogen) atoms. The van der Waals surface area contributed by atoms with Crippen molar-refractivity contribution in [2.45, 2.75) is 12.5 Å². The lowest BCUT2D eigenvalue weighted by atomic mass is 10.1. The van der Waals surface area contributed by atoms with Crippen molar-refractivity contribution in [3.05, 3.63) is 67.5 Å². The van der Waals surface area contributed by atoms with E-state index in [0.29, 0.717) is 26.1 Å². The highest BCUT2D eigenvalue weighted by Crippen LogP contribution is 2.30. The molecule has 0 bridgehead atoms. The van der Waals surface area contributed by atoms with E-state index in [1.165, 1.54) is 19.3 Å². The Morgan fingerprint density at radius 3 is 2.64 bits per heavy atom. The summed E-state index contributed by atoms with van der Waals surface area (Å²) in [4.78, 5) is 17.0. The monoisotopic (exact) mass is 446 g/mol. The summed E-state index contributed by atoms with van der Waals surface area (Å²) in [5.41, 5.74) is 12.5. The summed E-state index contributed by atoms with van der Waals surface area (Å²) in [5.74, 6) is -2.29. The van der Waals surface area contributed by atoms with Crippen LogP contribution in [0, 0.1) is 11.6 Å². The van der Waals surface area contributed by atoms with Crippen LogP contribution >= 0.6 is 34.5 Å². The SMILES string of the molecule is CN=C(/C(Cl)=C\N)c1cc(C(=O)NC(CN)Cc2ccc(F)c(F)c2)sc1Cl. The molecule has 0 aliphatic rings. The Kier molecular flexibility index (Phi) is 7.94. The third-order valence-electron chi connectivity index (χ3n) is 3.85. The molecule has 5 nitrogen and oxygen atoms in total. The number of halogens is 4. The molecule has 10 heteroatoms. The molecule has 0 saturated heterocycles. The number of nitrogens with zero attached hydrogens (tertiary/aromatic N) is 1. The number of allylic oxidation sites excluding steroid dienone is 1. The van der Waals surface area contributed by atoms with E-state index in [2.05, 4.69) is 10.3 Å². The van der Waals surface area contributed by atoms with E-state index in [-0.39, 0.29) is 18.0 Å². The number of rotatable bonds is 7. The van der Waals surface area contributed by atoms with E-state index in [1.807, 2.05) is 0 Å². The normalized spacial score (nSPS) is 13.5. The Hall–Kier alpha value is -2.00. The quantitative estimate of drug-likeness (QED) is 0.568. The molecule has 1 amide bonds. The van der Waals surface area contributed by atoms with Gasteiger partial charge in [-0.15, -0.1) is 11.3 Å². The number of aliphatic imine (C=N–C) groups is 1. The maximum Gasteiger partial charge on any atom is 0.261 e. The highest BCUT2D eigenvalue weighted by Gasteiger charge is 2.21. The van der Waals surface area contributed by atoms with E-state index in [9.17, 15) is 13.6 Å². The van der Waals surface area contributed by atoms with Crippen LogP contribution in [0.25, 0.3) is 0 Å². The molecule has 0 radical (unpaired) electrons. The topological polar surface area (TPSA) is 93.5 Å². The average Bonchev–Trinajstić information content (AvgIpc) is 3.06. The van der Waals surface area contributed by atoms with Crippen molar-refractivity contribution in [2.24, 2.45) is 16.5 Å². The first-order chi connectivity index (χ1) is 13.3. The molecule has 1 aromatic heterocycles. The van der Waals surface area contributed by atoms with Gasteiger partial charge >= 0.3 is 0 Å². The van der Waals surface area contributed by atoms with E-state index in [4.69, 9.17) is 34.7 Å². The molecule has 0 saturated carbocycles. The minimum absolute atomic E-state index is 0.111. The van der Waals surface area contributed by atoms with Gasteiger partial charge in [-0.25, -0.2) is 8.78 Å². The minimum atomic E-state index is -0.953. The van der Waals surface area contributed by atoms with Gasteiger partial charge in [0.25, 0.3) is 5.91 Å². The molecule has 1 atom stereocenters. The van der Waals surface area contributed by atoms with Crippen molar-refractivity contribution in [2.75, 3.05) is 13.6 Å². The molecule has 0 spiro atoms. The van der Waals surface area contributed by atoms with Crippen LogP contribution in [0.1, 0.15) is 20.8 Å². The summed E-state index contributed by atoms with van der Waals surface area (Å²) < 4.78 is 26.8. The van der Waals surface area contributed by atoms with Crippen molar-refractivity contribution < 1.29 is 13.6 Å². The second-order valence-corrected chi connectivity index (χ2v) is 7.80. The first kappa shape index (κ1) is 22.3. The average molecular weight is 447 g/mol. The van der Waals surface area contributed by atoms with Crippen LogP contribution < -0.4 is 16.8 Å². The lowest BCUT2D eigenvalue weighted by molar-refractivity contribution is 0.0942. The van der Waals surface area contributed by atoms with Gasteiger partial charge in [0, 0.05) is 31.4 Å². The standard InChI is InChI=1S/C18H18Cl2F2N4OS/c1-25-16(12(19)8-24)11-6-15(28-17(11)20)18(27)26-10(7-23)4-9-2-3-13(21)14(22)5-9/h2-3,5-6,8,10H,4,7,23-24H2,1H3,(H,26,27)/b12-8+,25-16?. The van der Waals surface area contributed by atoms with Gasteiger partial charge in [-0.2, -0.15) is 0 Å². The van der Waals surface area contributed by atoms with Gasteiger partial charge in [0.15, 0.2) is 11.6 Å². The predicted octanol–water partition coefficient (Wildman–Crippen LogP) is 3.44. The van der Waals surface area contributed by atoms with Gasteiger partial charge in [-0.1, -0.05) is 29.3 Å². The number of benzene rings is 1. The highest BCUT2D eigenvalue weighted by molar-refractivity contribution is 7.18. The van der Waals surface area contributed by atoms with Crippen LogP contribution in [-0.4, -0.2) is 31.3 Å². The number of hydrogen-bond donors (Lipinski definition) is 3. The molecule has 1 unspecified atom stereocenters. The molecular weight excluding hydrogens is 429 g/mol. The van der Waals surface area contributed by atoms with Crippen molar-refractivity contribution in [3.8, 4) is 0 Å². The molecule has 0 aliphatic carbocycles. The number of nitrogens with two attached hydrogens (primary N) is 2. The first-order valence-corrected chi connectivity index (χ1v) is 9.67. The molecule has 150 valence electrons. The number of hydrogen-bond acceptors (Lipinski definition) is 5. The van der Waals surface area contributed by atoms with E-state index < -0.39 is 23.6 Å². The number of nitrogens with one attached hydrogen (secondary N) is 1. The fourth-order valence-electron chi connectivity index (χ4n) is 2.48. The Labute approximate surface area is 175 Å². The molecule has 2 aromatic rings. The summed E-state index contributed by atoms with van der Waals surface area (Å²) in [7, 11) is 1.53. The van der Waals surface area contributed by atoms with Crippen molar-refractivity contribution in [1.29, 1.82) is 0 Å². The zero-order chi connectivity index (χ0) is 20.8. The molecule has 0 aliphatic heterocycles. The lowest BCUT2D eigenvalue weighted by Gasteiger charge is -2.16. The van der Waals surface area contributed by atoms with Crippen LogP contribution in [0.15, 0.2) is 40.5 Å². The molecule has 5 N–H and O–H groups in total. The van der Waals surface area contributed by atoms with Crippen LogP contribution in [0.5, 0.6) is 0 Å². The summed E-state index contributed by atoms with van der Waals surface area (Å²) >= 11 is 13.3. The third kappa shape index (κ3) is 5.29. The Morgan fingerprint density at radius 1 is 1.36 bits per heavy atom. The van der Waals surface area contributed by atoms with Crippen molar-refractivity contribution >= 4 is 46.2 Å². The minimum Gasteiger partial charge on any atom is -0.403 e. The third-order valence-corrected chi connectivity index (χ3v) is 5.51. The lowest BCUT2D eigenvalue weighted by Crippen LogP contribution is -2.41. The van der Waals surface area contributed by atoms with E-state index in [0.717, 1.165) is 23.5 Å². The van der Waals surface area contributed by atoms with Crippen LogP contribution in [0.3, 0.4) is 0 Å². The fourth-order valence-corrected chi connectivity index (χ4v) is 3.84. The smallest absolute Gasteiger partial charge is 0.261 e. The second-order valence-electron chi connectivity index (χ2n) is 5.74. The van der Waals surface area contributed by atoms with E-state index >= 15 is 0 Å². The predicted molar refractivity (Wildman–Crippen MR) is 110 cm³/mol. The van der Waals surface area contributed by atoms with Gasteiger partial charge in [-0.3, -0.25) is 9.79 Å². The summed E-state index contributed by atoms with van der Waals surface area (Å²) in [6, 6.07) is 4.63. The maximum atomic E-state index is 13.4. The van der Waals surface area contributed by atoms with Crippen molar-refractivity contribution in [1.82, 2.24) is 5.32 Å². The number of amides is 1. The largest absolute Gasteiger partial charge is 0.403 e. The molecule has 0 fully saturated rings. The summed E-state index contributed by atoms with van der Waals surface area (Å²) in [5, 5.41) is 2.97.